The molecule has 1 aliphatic heterocycles. The molecule has 0 bridgehead atoms. The minimum atomic E-state index is -4.79. The molecule has 0 saturated heterocycles. The smallest absolute Gasteiger partial charge is 0.416 e. The second kappa shape index (κ2) is 12.8. The van der Waals surface area contributed by atoms with Crippen molar-refractivity contribution in [1.29, 1.82) is 0 Å². The van der Waals surface area contributed by atoms with Gasteiger partial charge in [-0.2, -0.15) is 13.2 Å². The zero-order chi connectivity index (χ0) is 30.7. The number of para-hydroxylation sites is 1. The zero-order valence-electron chi connectivity index (χ0n) is 23.4. The summed E-state index contributed by atoms with van der Waals surface area (Å²) in [6, 6.07) is 16.1. The van der Waals surface area contributed by atoms with Crippen LogP contribution in [-0.2, 0) is 12.6 Å². The third kappa shape index (κ3) is 6.28. The molecule has 5 rings (SSSR count). The molecule has 0 aliphatic carbocycles. The standard InChI is InChI=1S/C32H29F5N2O3S/c1-19-23(16-24-25(32(35,36)37)11-7-12-26(24)33)31-39(30(40)28(19)22-10-6-13-27(41-2)29(22)34)20(18-43-31)17-38-14-15-42-21-8-4-3-5-9-21/h3-13,20,38H,14-18H2,1-2H3. The zero-order valence-corrected chi connectivity index (χ0v) is 24.3. The van der Waals surface area contributed by atoms with E-state index >= 15 is 4.39 Å². The lowest BCUT2D eigenvalue weighted by Crippen LogP contribution is -2.34. The fourth-order valence-electron chi connectivity index (χ4n) is 5.31. The molecule has 1 atom stereocenters. The van der Waals surface area contributed by atoms with Crippen LogP contribution in [0.25, 0.3) is 11.1 Å². The molecule has 5 nitrogen and oxygen atoms in total. The normalized spacial score (nSPS) is 14.5. The number of hydrogen-bond acceptors (Lipinski definition) is 5. The molecule has 0 amide bonds. The van der Waals surface area contributed by atoms with Gasteiger partial charge in [0.1, 0.15) is 18.2 Å². The van der Waals surface area contributed by atoms with Gasteiger partial charge in [0.15, 0.2) is 11.6 Å². The lowest BCUT2D eigenvalue weighted by molar-refractivity contribution is -0.138. The van der Waals surface area contributed by atoms with Gasteiger partial charge in [-0.15, -0.1) is 11.8 Å². The number of ether oxygens (including phenoxy) is 2. The molecule has 0 saturated carbocycles. The number of fused-ring (bicyclic) bond motifs is 1. The van der Waals surface area contributed by atoms with E-state index in [0.717, 1.165) is 23.9 Å². The lowest BCUT2D eigenvalue weighted by atomic mass is 9.92. The van der Waals surface area contributed by atoms with Gasteiger partial charge in [0.05, 0.1) is 29.3 Å². The monoisotopic (exact) mass is 616 g/mol. The van der Waals surface area contributed by atoms with E-state index in [2.05, 4.69) is 5.32 Å². The molecule has 43 heavy (non-hydrogen) atoms. The molecule has 1 aliphatic rings. The number of rotatable bonds is 10. The Morgan fingerprint density at radius 3 is 2.47 bits per heavy atom. The van der Waals surface area contributed by atoms with Gasteiger partial charge >= 0.3 is 6.18 Å². The van der Waals surface area contributed by atoms with E-state index in [-0.39, 0.29) is 22.4 Å². The molecule has 1 aromatic heterocycles. The topological polar surface area (TPSA) is 52.5 Å². The minimum absolute atomic E-state index is 0.0000381. The second-order valence-corrected chi connectivity index (χ2v) is 11.1. The molecule has 2 heterocycles. The first-order valence-corrected chi connectivity index (χ1v) is 14.6. The summed E-state index contributed by atoms with van der Waals surface area (Å²) < 4.78 is 84.6. The summed E-state index contributed by atoms with van der Waals surface area (Å²) in [6.45, 7) is 2.76. The molecule has 4 aromatic rings. The van der Waals surface area contributed by atoms with Crippen LogP contribution in [0, 0.1) is 18.6 Å². The van der Waals surface area contributed by atoms with Crippen molar-refractivity contribution in [2.24, 2.45) is 0 Å². The Morgan fingerprint density at radius 1 is 1.00 bits per heavy atom. The van der Waals surface area contributed by atoms with E-state index in [4.69, 9.17) is 9.47 Å². The van der Waals surface area contributed by atoms with Gasteiger partial charge < -0.3 is 14.8 Å². The second-order valence-electron chi connectivity index (χ2n) is 10.1. The first kappa shape index (κ1) is 30.6. The number of hydrogen-bond donors (Lipinski definition) is 1. The molecule has 0 fully saturated rings. The molecular formula is C32H29F5N2O3S. The Bertz CT molecular complexity index is 1670. The maximum atomic E-state index is 15.5. The predicted octanol–water partition coefficient (Wildman–Crippen LogP) is 7.04. The molecule has 0 spiro atoms. The summed E-state index contributed by atoms with van der Waals surface area (Å²) in [5.74, 6) is -0.687. The van der Waals surface area contributed by atoms with Crippen molar-refractivity contribution in [3.8, 4) is 22.6 Å². The van der Waals surface area contributed by atoms with E-state index in [1.807, 2.05) is 30.3 Å². The number of aromatic nitrogens is 1. The summed E-state index contributed by atoms with van der Waals surface area (Å²) >= 11 is 1.32. The first-order valence-electron chi connectivity index (χ1n) is 13.6. The van der Waals surface area contributed by atoms with E-state index in [1.54, 1.807) is 6.92 Å². The van der Waals surface area contributed by atoms with Gasteiger partial charge in [-0.05, 0) is 48.4 Å². The van der Waals surface area contributed by atoms with Crippen molar-refractivity contribution in [2.75, 3.05) is 32.6 Å². The number of nitrogens with zero attached hydrogens (tertiary/aromatic N) is 1. The van der Waals surface area contributed by atoms with Crippen LogP contribution in [0.4, 0.5) is 22.0 Å². The summed E-state index contributed by atoms with van der Waals surface area (Å²) in [5.41, 5.74) is -1.51. The average Bonchev–Trinajstić information content (AvgIpc) is 3.40. The fourth-order valence-corrected chi connectivity index (χ4v) is 6.70. The largest absolute Gasteiger partial charge is 0.494 e. The van der Waals surface area contributed by atoms with Gasteiger partial charge in [-0.1, -0.05) is 36.4 Å². The van der Waals surface area contributed by atoms with Crippen molar-refractivity contribution in [3.63, 3.8) is 0 Å². The number of benzene rings is 3. The SMILES string of the molecule is COc1cccc(-c2c(C)c(Cc3c(F)cccc3C(F)(F)F)c3n(c2=O)C(CNCCOc2ccccc2)CS3)c1F. The maximum Gasteiger partial charge on any atom is 0.416 e. The highest BCUT2D eigenvalue weighted by Crippen LogP contribution is 2.42. The molecular weight excluding hydrogens is 587 g/mol. The molecule has 226 valence electrons. The van der Waals surface area contributed by atoms with Crippen molar-refractivity contribution in [2.45, 2.75) is 30.6 Å². The summed E-state index contributed by atoms with van der Waals surface area (Å²) in [4.78, 5) is 14.1. The molecule has 11 heteroatoms. The number of methoxy groups -OCH3 is 1. The molecule has 0 radical (unpaired) electrons. The van der Waals surface area contributed by atoms with Crippen LogP contribution >= 0.6 is 11.8 Å². The van der Waals surface area contributed by atoms with Crippen molar-refractivity contribution >= 4 is 11.8 Å². The molecule has 1 N–H and O–H groups in total. The maximum absolute atomic E-state index is 15.5. The van der Waals surface area contributed by atoms with Crippen LogP contribution in [0.2, 0.25) is 0 Å². The highest BCUT2D eigenvalue weighted by Gasteiger charge is 2.36. The quantitative estimate of drug-likeness (QED) is 0.153. The Morgan fingerprint density at radius 2 is 1.74 bits per heavy atom. The Hall–Kier alpha value is -3.83. The average molecular weight is 617 g/mol. The Kier molecular flexibility index (Phi) is 9.12. The van der Waals surface area contributed by atoms with Crippen LogP contribution in [0.5, 0.6) is 11.5 Å². The van der Waals surface area contributed by atoms with Gasteiger partial charge in [-0.3, -0.25) is 9.36 Å². The minimum Gasteiger partial charge on any atom is -0.494 e. The third-order valence-electron chi connectivity index (χ3n) is 7.42. The lowest BCUT2D eigenvalue weighted by Gasteiger charge is -2.22. The van der Waals surface area contributed by atoms with Crippen LogP contribution in [0.15, 0.2) is 76.6 Å². The Labute approximate surface area is 249 Å². The number of alkyl halides is 3. The van der Waals surface area contributed by atoms with E-state index in [1.165, 1.54) is 41.6 Å². The number of pyridine rings is 1. The van der Waals surface area contributed by atoms with E-state index in [0.29, 0.717) is 36.0 Å². The van der Waals surface area contributed by atoms with Crippen LogP contribution < -0.4 is 20.3 Å². The number of thioether (sulfide) groups is 1. The molecule has 3 aromatic carbocycles. The third-order valence-corrected chi connectivity index (χ3v) is 8.68. The fraction of sp³-hybridized carbons (Fsp3) is 0.281. The highest BCUT2D eigenvalue weighted by atomic mass is 32.2. The predicted molar refractivity (Wildman–Crippen MR) is 156 cm³/mol. The van der Waals surface area contributed by atoms with E-state index in [9.17, 15) is 22.4 Å². The molecule has 1 unspecified atom stereocenters. The van der Waals surface area contributed by atoms with Crippen LogP contribution in [-0.4, -0.2) is 37.1 Å². The first-order chi connectivity index (χ1) is 20.6. The van der Waals surface area contributed by atoms with E-state index < -0.39 is 47.0 Å². The summed E-state index contributed by atoms with van der Waals surface area (Å²) in [5, 5.41) is 3.72. The van der Waals surface area contributed by atoms with Gasteiger partial charge in [0, 0.05) is 36.4 Å². The van der Waals surface area contributed by atoms with Crippen molar-refractivity contribution < 1.29 is 31.4 Å². The van der Waals surface area contributed by atoms with Crippen LogP contribution in [0.3, 0.4) is 0 Å². The van der Waals surface area contributed by atoms with Gasteiger partial charge in [0.25, 0.3) is 5.56 Å². The number of nitrogens with one attached hydrogen (secondary N) is 1. The van der Waals surface area contributed by atoms with Crippen LogP contribution in [0.1, 0.15) is 28.3 Å². The van der Waals surface area contributed by atoms with Crippen molar-refractivity contribution in [3.05, 3.63) is 111 Å². The highest BCUT2D eigenvalue weighted by molar-refractivity contribution is 7.99. The summed E-state index contributed by atoms with van der Waals surface area (Å²) in [7, 11) is 1.30. The summed E-state index contributed by atoms with van der Waals surface area (Å²) in [6.07, 6.45) is -5.22. The number of halogens is 5. The Balaban J connectivity index is 1.55. The van der Waals surface area contributed by atoms with Gasteiger partial charge in [-0.25, -0.2) is 8.78 Å². The van der Waals surface area contributed by atoms with Crippen molar-refractivity contribution in [1.82, 2.24) is 9.88 Å². The van der Waals surface area contributed by atoms with Gasteiger partial charge in [0.2, 0.25) is 0 Å².